The number of carboxylic acid groups (broad SMARTS) is 1. The second kappa shape index (κ2) is 6.64. The zero-order valence-electron chi connectivity index (χ0n) is 13.5. The first-order valence-electron chi connectivity index (χ1n) is 7.62. The number of hydrogen-bond acceptors (Lipinski definition) is 5. The van der Waals surface area contributed by atoms with Crippen LogP contribution in [-0.2, 0) is 9.59 Å². The van der Waals surface area contributed by atoms with Crippen molar-refractivity contribution in [1.29, 1.82) is 0 Å². The number of nitrogens with zero attached hydrogens (tertiary/aromatic N) is 1. The van der Waals surface area contributed by atoms with Crippen LogP contribution in [0.4, 0.5) is 11.4 Å². The van der Waals surface area contributed by atoms with E-state index in [0.29, 0.717) is 17.1 Å². The third-order valence-electron chi connectivity index (χ3n) is 3.73. The van der Waals surface area contributed by atoms with Gasteiger partial charge in [0.05, 0.1) is 17.8 Å². The molecule has 0 saturated heterocycles. The van der Waals surface area contributed by atoms with Crippen LogP contribution < -0.4 is 15.0 Å². The van der Waals surface area contributed by atoms with Crippen molar-refractivity contribution in [3.05, 3.63) is 53.6 Å². The molecule has 25 heavy (non-hydrogen) atoms. The number of carboxylic acids is 1. The van der Waals surface area contributed by atoms with Crippen molar-refractivity contribution >= 4 is 29.2 Å². The largest absolute Gasteiger partial charge is 0.478 e. The molecule has 1 heterocycles. The summed E-state index contributed by atoms with van der Waals surface area (Å²) in [6.07, 6.45) is 0. The van der Waals surface area contributed by atoms with Gasteiger partial charge in [-0.25, -0.2) is 9.59 Å². The molecule has 0 aromatic heterocycles. The highest BCUT2D eigenvalue weighted by Crippen LogP contribution is 2.32. The standard InChI is InChI=1S/C18H16N2O5/c1-11-5-6-14-15(7-11)25-17(22)10-20(14)9-16(21)19-13-4-2-3-12(8-13)18(23)24/h2-8H,9-10H2,1H3,(H,19,21)(H,23,24). The second-order valence-electron chi connectivity index (χ2n) is 5.74. The lowest BCUT2D eigenvalue weighted by Gasteiger charge is -2.29. The summed E-state index contributed by atoms with van der Waals surface area (Å²) in [5, 5.41) is 11.6. The van der Waals surface area contributed by atoms with E-state index in [4.69, 9.17) is 9.84 Å². The molecule has 0 aliphatic carbocycles. The smallest absolute Gasteiger partial charge is 0.335 e. The lowest BCUT2D eigenvalue weighted by molar-refractivity contribution is -0.133. The van der Waals surface area contributed by atoms with E-state index in [-0.39, 0.29) is 24.6 Å². The molecule has 3 rings (SSSR count). The minimum Gasteiger partial charge on any atom is -0.478 e. The Labute approximate surface area is 143 Å². The van der Waals surface area contributed by atoms with Gasteiger partial charge in [0.25, 0.3) is 0 Å². The van der Waals surface area contributed by atoms with Crippen LogP contribution in [0.15, 0.2) is 42.5 Å². The molecule has 0 atom stereocenters. The number of fused-ring (bicyclic) bond motifs is 1. The van der Waals surface area contributed by atoms with Crippen LogP contribution in [0.3, 0.4) is 0 Å². The number of carbonyl (C=O) groups excluding carboxylic acids is 2. The molecule has 2 N–H and O–H groups in total. The Bertz CT molecular complexity index is 862. The SMILES string of the molecule is Cc1ccc2c(c1)OC(=O)CN2CC(=O)Nc1cccc(C(=O)O)c1. The average Bonchev–Trinajstić information content (AvgIpc) is 2.54. The van der Waals surface area contributed by atoms with E-state index in [1.165, 1.54) is 12.1 Å². The van der Waals surface area contributed by atoms with Gasteiger partial charge in [0.15, 0.2) is 5.75 Å². The van der Waals surface area contributed by atoms with Gasteiger partial charge < -0.3 is 20.1 Å². The molecule has 0 fully saturated rings. The summed E-state index contributed by atoms with van der Waals surface area (Å²) in [7, 11) is 0. The number of rotatable bonds is 4. The minimum absolute atomic E-state index is 0.0291. The van der Waals surface area contributed by atoms with Gasteiger partial charge >= 0.3 is 11.9 Å². The lowest BCUT2D eigenvalue weighted by Crippen LogP contribution is -2.41. The second-order valence-corrected chi connectivity index (χ2v) is 5.74. The van der Waals surface area contributed by atoms with E-state index < -0.39 is 11.9 Å². The van der Waals surface area contributed by atoms with Crippen LogP contribution in [0.2, 0.25) is 0 Å². The number of esters is 1. The maximum absolute atomic E-state index is 12.3. The first-order chi connectivity index (χ1) is 11.9. The van der Waals surface area contributed by atoms with Gasteiger partial charge in [0, 0.05) is 5.69 Å². The summed E-state index contributed by atoms with van der Waals surface area (Å²) < 4.78 is 5.21. The van der Waals surface area contributed by atoms with Crippen LogP contribution in [-0.4, -0.2) is 36.0 Å². The number of aryl methyl sites for hydroxylation is 1. The predicted octanol–water partition coefficient (Wildman–Crippen LogP) is 2.06. The van der Waals surface area contributed by atoms with E-state index in [0.717, 1.165) is 5.56 Å². The number of benzene rings is 2. The number of ether oxygens (including phenoxy) is 1. The summed E-state index contributed by atoms with van der Waals surface area (Å²) in [6.45, 7) is 1.80. The third kappa shape index (κ3) is 3.77. The Morgan fingerprint density at radius 2 is 2.04 bits per heavy atom. The van der Waals surface area contributed by atoms with Gasteiger partial charge in [-0.05, 0) is 42.8 Å². The normalized spacial score (nSPS) is 13.0. The van der Waals surface area contributed by atoms with Gasteiger partial charge in [0.1, 0.15) is 6.54 Å². The van der Waals surface area contributed by atoms with Crippen molar-refractivity contribution < 1.29 is 24.2 Å². The van der Waals surface area contributed by atoms with Crippen molar-refractivity contribution in [2.24, 2.45) is 0 Å². The first-order valence-corrected chi connectivity index (χ1v) is 7.62. The maximum atomic E-state index is 12.3. The van der Waals surface area contributed by atoms with E-state index >= 15 is 0 Å². The Kier molecular flexibility index (Phi) is 4.38. The van der Waals surface area contributed by atoms with Crippen molar-refractivity contribution in [3.63, 3.8) is 0 Å². The fraction of sp³-hybridized carbons (Fsp3) is 0.167. The molecule has 7 nitrogen and oxygen atoms in total. The Morgan fingerprint density at radius 3 is 2.80 bits per heavy atom. The van der Waals surface area contributed by atoms with Gasteiger partial charge in [0.2, 0.25) is 5.91 Å². The zero-order chi connectivity index (χ0) is 18.0. The Morgan fingerprint density at radius 1 is 1.24 bits per heavy atom. The third-order valence-corrected chi connectivity index (χ3v) is 3.73. The van der Waals surface area contributed by atoms with Crippen molar-refractivity contribution in [3.8, 4) is 5.75 Å². The predicted molar refractivity (Wildman–Crippen MR) is 91.1 cm³/mol. The van der Waals surface area contributed by atoms with Gasteiger partial charge in [-0.2, -0.15) is 0 Å². The highest BCUT2D eigenvalue weighted by Gasteiger charge is 2.25. The summed E-state index contributed by atoms with van der Waals surface area (Å²) in [5.74, 6) is -1.43. The molecule has 128 valence electrons. The Hall–Kier alpha value is -3.35. The zero-order valence-corrected chi connectivity index (χ0v) is 13.5. The van der Waals surface area contributed by atoms with E-state index in [1.807, 2.05) is 13.0 Å². The molecule has 1 aliphatic rings. The molecule has 0 radical (unpaired) electrons. The molecule has 0 spiro atoms. The maximum Gasteiger partial charge on any atom is 0.335 e. The van der Waals surface area contributed by atoms with Gasteiger partial charge in [-0.15, -0.1) is 0 Å². The molecule has 0 unspecified atom stereocenters. The molecular formula is C18H16N2O5. The minimum atomic E-state index is -1.07. The van der Waals surface area contributed by atoms with Crippen LogP contribution in [0, 0.1) is 6.92 Å². The fourth-order valence-corrected chi connectivity index (χ4v) is 2.61. The monoisotopic (exact) mass is 340 g/mol. The highest BCUT2D eigenvalue weighted by molar-refractivity contribution is 5.97. The number of aromatic carboxylic acids is 1. The summed E-state index contributed by atoms with van der Waals surface area (Å²) in [5.41, 5.74) is 2.08. The van der Waals surface area contributed by atoms with Gasteiger partial charge in [-0.1, -0.05) is 12.1 Å². The molecule has 0 saturated carbocycles. The van der Waals surface area contributed by atoms with E-state index in [1.54, 1.807) is 29.2 Å². The molecular weight excluding hydrogens is 324 g/mol. The average molecular weight is 340 g/mol. The first kappa shape index (κ1) is 16.5. The fourth-order valence-electron chi connectivity index (χ4n) is 2.61. The summed E-state index contributed by atoms with van der Waals surface area (Å²) in [6, 6.07) is 11.4. The topological polar surface area (TPSA) is 95.9 Å². The number of anilines is 2. The number of carbonyl (C=O) groups is 3. The highest BCUT2D eigenvalue weighted by atomic mass is 16.5. The molecule has 2 aromatic rings. The van der Waals surface area contributed by atoms with Crippen molar-refractivity contribution in [1.82, 2.24) is 0 Å². The number of nitrogens with one attached hydrogen (secondary N) is 1. The molecule has 0 bridgehead atoms. The molecule has 7 heteroatoms. The van der Waals surface area contributed by atoms with Crippen LogP contribution in [0.25, 0.3) is 0 Å². The van der Waals surface area contributed by atoms with Crippen LogP contribution in [0.5, 0.6) is 5.75 Å². The van der Waals surface area contributed by atoms with Gasteiger partial charge in [-0.3, -0.25) is 4.79 Å². The quantitative estimate of drug-likeness (QED) is 0.653. The van der Waals surface area contributed by atoms with E-state index in [2.05, 4.69) is 5.32 Å². The number of amides is 1. The molecule has 1 aliphatic heterocycles. The molecule has 1 amide bonds. The van der Waals surface area contributed by atoms with Crippen molar-refractivity contribution in [2.45, 2.75) is 6.92 Å². The summed E-state index contributed by atoms with van der Waals surface area (Å²) >= 11 is 0. The molecule has 2 aromatic carbocycles. The number of hydrogen-bond donors (Lipinski definition) is 2. The van der Waals surface area contributed by atoms with E-state index in [9.17, 15) is 14.4 Å². The van der Waals surface area contributed by atoms with Crippen molar-refractivity contribution in [2.75, 3.05) is 23.3 Å². The Balaban J connectivity index is 1.74. The summed E-state index contributed by atoms with van der Waals surface area (Å²) in [4.78, 5) is 36.6. The van der Waals surface area contributed by atoms with Crippen LogP contribution >= 0.6 is 0 Å². The van der Waals surface area contributed by atoms with Crippen LogP contribution in [0.1, 0.15) is 15.9 Å². The lowest BCUT2D eigenvalue weighted by atomic mass is 10.1.